The lowest BCUT2D eigenvalue weighted by molar-refractivity contribution is -0.144. The van der Waals surface area contributed by atoms with Crippen molar-refractivity contribution in [3.05, 3.63) is 119 Å². The molecule has 71 heavy (non-hydrogen) atoms. The average molecular weight is 984 g/mol. The van der Waals surface area contributed by atoms with Crippen molar-refractivity contribution < 1.29 is 38.5 Å². The quantitative estimate of drug-likeness (QED) is 0.0772. The van der Waals surface area contributed by atoms with Gasteiger partial charge in [0.2, 0.25) is 29.6 Å². The van der Waals surface area contributed by atoms with Crippen molar-refractivity contribution >= 4 is 52.1 Å². The Kier molecular flexibility index (Phi) is 15.0. The summed E-state index contributed by atoms with van der Waals surface area (Å²) in [5, 5.41) is 23.2. The highest BCUT2D eigenvalue weighted by Gasteiger charge is 2.44. The molecule has 1 aliphatic heterocycles. The number of amides is 4. The number of pyridine rings is 1. The number of nitrogen functional groups attached to an aromatic ring is 1. The number of nitrogens with zero attached hydrogens (tertiary/aromatic N) is 7. The number of likely N-dealkylation sites (tertiary alicyclic amines) is 1. The van der Waals surface area contributed by atoms with Gasteiger partial charge in [0.15, 0.2) is 17.1 Å². The number of imidazole rings is 1. The van der Waals surface area contributed by atoms with Gasteiger partial charge in [0, 0.05) is 43.0 Å². The zero-order valence-electron chi connectivity index (χ0n) is 40.3. The molecule has 1 aliphatic rings. The van der Waals surface area contributed by atoms with Crippen LogP contribution in [0.15, 0.2) is 96.9 Å². The lowest BCUT2D eigenvalue weighted by Gasteiger charge is -2.35. The molecule has 6 N–H and O–H groups in total. The van der Waals surface area contributed by atoms with Crippen molar-refractivity contribution in [3.8, 4) is 38.8 Å². The van der Waals surface area contributed by atoms with Gasteiger partial charge in [-0.1, -0.05) is 63.2 Å². The van der Waals surface area contributed by atoms with E-state index in [1.807, 2.05) is 79.7 Å². The number of aliphatic hydroxyl groups excluding tert-OH is 1. The van der Waals surface area contributed by atoms with Gasteiger partial charge < -0.3 is 45.9 Å². The average Bonchev–Trinajstić information content (AvgIpc) is 4.17. The Balaban J connectivity index is 0.831. The molecule has 20 heteroatoms. The second-order valence-electron chi connectivity index (χ2n) is 18.4. The number of nitrogens with one attached hydrogen (secondary N) is 3. The van der Waals surface area contributed by atoms with Gasteiger partial charge in [-0.25, -0.2) is 15.0 Å². The van der Waals surface area contributed by atoms with Gasteiger partial charge in [-0.2, -0.15) is 5.10 Å². The molecule has 370 valence electrons. The predicted octanol–water partition coefficient (Wildman–Crippen LogP) is 4.88. The topological polar surface area (TPSA) is 243 Å². The maximum Gasteiger partial charge on any atom is 0.246 e. The maximum absolute atomic E-state index is 14.1. The number of thiazole rings is 1. The Labute approximate surface area is 414 Å². The summed E-state index contributed by atoms with van der Waals surface area (Å²) >= 11 is 1.56. The van der Waals surface area contributed by atoms with Crippen LogP contribution in [0.4, 0.5) is 5.95 Å². The highest BCUT2D eigenvalue weighted by molar-refractivity contribution is 7.13. The largest absolute Gasteiger partial charge is 0.497 e. The standard InChI is InChI=1S/C51H57N11O8S/c1-30-45(71-29-56-30)34-12-7-31(8-13-34)20-55-48(66)40-19-37(63)26-61(40)49(67)46(51(2,3)4)59-43(64)23-53-44(65)27-60-25-36(22-57-60)35-18-39-47(54-21-35)62(50(52)58-39)24-33-11-16-41(42(17-33)69-6)70-28-32-9-14-38(68-5)15-10-32/h7-18,21-22,25,29,37,40,46,63H,19-20,23-24,26-28H2,1-6H3,(H2,52,58)(H,53,65)(H,55,66)(H,59,64)/t37-,40+,46-/m1/s1. The SMILES string of the molecule is COc1ccc(COc2ccc(Cn3c(N)nc4cc(-c5cnn(CC(=O)NCC(=O)N[C@H](C(=O)N6C[C@H](O)C[C@H]6C(=O)NCc6ccc(-c7scnc7C)cc6)C(C)(C)C)c5)cnc43)cc2OC)cc1. The third-order valence-electron chi connectivity index (χ3n) is 12.2. The molecule has 1 saturated heterocycles. The molecule has 8 rings (SSSR count). The van der Waals surface area contributed by atoms with E-state index >= 15 is 0 Å². The number of fused-ring (bicyclic) bond motifs is 1. The van der Waals surface area contributed by atoms with Crippen molar-refractivity contribution in [3.63, 3.8) is 0 Å². The number of carbonyl (C=O) groups is 4. The smallest absolute Gasteiger partial charge is 0.246 e. The second kappa shape index (κ2) is 21.4. The maximum atomic E-state index is 14.1. The highest BCUT2D eigenvalue weighted by Crippen LogP contribution is 2.32. The van der Waals surface area contributed by atoms with Gasteiger partial charge in [-0.3, -0.25) is 28.4 Å². The van der Waals surface area contributed by atoms with Crippen LogP contribution in [0.25, 0.3) is 32.7 Å². The molecule has 3 aromatic carbocycles. The number of hydrogen-bond donors (Lipinski definition) is 5. The summed E-state index contributed by atoms with van der Waals surface area (Å²) in [4.78, 5) is 69.9. The van der Waals surface area contributed by atoms with E-state index < -0.39 is 53.8 Å². The van der Waals surface area contributed by atoms with Crippen LogP contribution in [0.3, 0.4) is 0 Å². The minimum Gasteiger partial charge on any atom is -0.497 e. The van der Waals surface area contributed by atoms with Crippen LogP contribution < -0.4 is 35.9 Å². The summed E-state index contributed by atoms with van der Waals surface area (Å²) in [6.07, 6.45) is 4.09. The van der Waals surface area contributed by atoms with Gasteiger partial charge in [-0.15, -0.1) is 11.3 Å². The zero-order chi connectivity index (χ0) is 50.4. The number of methoxy groups -OCH3 is 2. The fourth-order valence-electron chi connectivity index (χ4n) is 8.31. The minimum absolute atomic E-state index is 0.0539. The van der Waals surface area contributed by atoms with Crippen molar-refractivity contribution in [2.24, 2.45) is 5.41 Å². The van der Waals surface area contributed by atoms with E-state index in [0.717, 1.165) is 38.6 Å². The summed E-state index contributed by atoms with van der Waals surface area (Å²) in [6, 6.07) is 20.9. The first-order chi connectivity index (χ1) is 34.1. The van der Waals surface area contributed by atoms with E-state index in [2.05, 4.69) is 36.0 Å². The molecule has 1 fully saturated rings. The number of nitrogens with two attached hydrogens (primary N) is 1. The second-order valence-corrected chi connectivity index (χ2v) is 19.2. The number of carbonyl (C=O) groups excluding carboxylic acids is 4. The number of aromatic nitrogens is 6. The number of anilines is 1. The Morgan fingerprint density at radius 3 is 2.32 bits per heavy atom. The summed E-state index contributed by atoms with van der Waals surface area (Å²) in [5.41, 5.74) is 14.7. The Morgan fingerprint density at radius 1 is 0.873 bits per heavy atom. The van der Waals surface area contributed by atoms with Crippen LogP contribution in [0, 0.1) is 12.3 Å². The molecule has 0 unspecified atom stereocenters. The summed E-state index contributed by atoms with van der Waals surface area (Å²) < 4.78 is 20.2. The lowest BCUT2D eigenvalue weighted by Crippen LogP contribution is -2.58. The fourth-order valence-corrected chi connectivity index (χ4v) is 9.12. The van der Waals surface area contributed by atoms with Crippen LogP contribution in [0.1, 0.15) is 49.6 Å². The molecular weight excluding hydrogens is 927 g/mol. The van der Waals surface area contributed by atoms with Gasteiger partial charge in [0.1, 0.15) is 36.5 Å². The summed E-state index contributed by atoms with van der Waals surface area (Å²) in [6.45, 7) is 7.59. The first kappa shape index (κ1) is 49.6. The van der Waals surface area contributed by atoms with E-state index in [0.29, 0.717) is 46.9 Å². The molecule has 3 atom stereocenters. The molecule has 0 saturated carbocycles. The minimum atomic E-state index is -1.07. The Bertz CT molecular complexity index is 3030. The molecular formula is C51H57N11O8S. The molecule has 5 heterocycles. The summed E-state index contributed by atoms with van der Waals surface area (Å²) in [7, 11) is 3.21. The third kappa shape index (κ3) is 11.8. The molecule has 0 spiro atoms. The predicted molar refractivity (Wildman–Crippen MR) is 267 cm³/mol. The number of rotatable bonds is 18. The Morgan fingerprint density at radius 2 is 1.62 bits per heavy atom. The number of ether oxygens (including phenoxy) is 3. The Hall–Kier alpha value is -7.84. The van der Waals surface area contributed by atoms with Crippen LogP contribution in [-0.2, 0) is 45.4 Å². The van der Waals surface area contributed by atoms with Crippen molar-refractivity contribution in [2.45, 2.75) is 78.5 Å². The van der Waals surface area contributed by atoms with Crippen molar-refractivity contribution in [2.75, 3.05) is 33.0 Å². The first-order valence-electron chi connectivity index (χ1n) is 23.0. The molecule has 0 radical (unpaired) electrons. The monoisotopic (exact) mass is 983 g/mol. The van der Waals surface area contributed by atoms with Crippen molar-refractivity contribution in [1.82, 2.24) is 50.1 Å². The number of aryl methyl sites for hydroxylation is 1. The third-order valence-corrected chi connectivity index (χ3v) is 13.1. The number of β-amino-alcohol motifs (C(OH)–C–C–N with tert-alkyl or cyclic N) is 1. The lowest BCUT2D eigenvalue weighted by atomic mass is 9.85. The molecule has 0 bridgehead atoms. The van der Waals surface area contributed by atoms with Gasteiger partial charge in [-0.05, 0) is 64.9 Å². The number of hydrogen-bond acceptors (Lipinski definition) is 14. The van der Waals surface area contributed by atoms with E-state index in [4.69, 9.17) is 19.9 Å². The number of benzene rings is 3. The molecule has 4 aromatic heterocycles. The van der Waals surface area contributed by atoms with Gasteiger partial charge >= 0.3 is 0 Å². The molecule has 7 aromatic rings. The molecule has 4 amide bonds. The van der Waals surface area contributed by atoms with Crippen molar-refractivity contribution in [1.29, 1.82) is 0 Å². The highest BCUT2D eigenvalue weighted by atomic mass is 32.1. The van der Waals surface area contributed by atoms with Gasteiger partial charge in [0.25, 0.3) is 0 Å². The van der Waals surface area contributed by atoms with E-state index in [9.17, 15) is 24.3 Å². The van der Waals surface area contributed by atoms with Crippen LogP contribution in [-0.4, -0.2) is 108 Å². The molecule has 0 aliphatic carbocycles. The van der Waals surface area contributed by atoms with Crippen LogP contribution in [0.2, 0.25) is 0 Å². The van der Waals surface area contributed by atoms with E-state index in [1.165, 1.54) is 9.58 Å². The summed E-state index contributed by atoms with van der Waals surface area (Å²) in [5.74, 6) is 0.191. The van der Waals surface area contributed by atoms with Crippen LogP contribution >= 0.6 is 11.3 Å². The molecule has 19 nitrogen and oxygen atoms in total. The van der Waals surface area contributed by atoms with Gasteiger partial charge in [0.05, 0.1) is 55.7 Å². The van der Waals surface area contributed by atoms with E-state index in [1.54, 1.807) is 75.0 Å². The normalized spacial score (nSPS) is 15.1. The fraction of sp³-hybridized carbons (Fsp3) is 0.333. The first-order valence-corrected chi connectivity index (χ1v) is 23.8. The zero-order valence-corrected chi connectivity index (χ0v) is 41.2. The number of aliphatic hydroxyl groups is 1. The van der Waals surface area contributed by atoms with E-state index in [-0.39, 0.29) is 32.0 Å². The van der Waals surface area contributed by atoms with Crippen LogP contribution in [0.5, 0.6) is 17.2 Å².